The SMILES string of the molecule is c1ccc(-c2ccccc2C2(Cn3ccnc3)OCCCO2)cc1. The summed E-state index contributed by atoms with van der Waals surface area (Å²) in [5.74, 6) is -0.786. The van der Waals surface area contributed by atoms with Crippen LogP contribution in [0.5, 0.6) is 0 Å². The first-order valence-corrected chi connectivity index (χ1v) is 8.26. The van der Waals surface area contributed by atoms with Crippen molar-refractivity contribution in [2.75, 3.05) is 13.2 Å². The Labute approximate surface area is 141 Å². The van der Waals surface area contributed by atoms with Crippen molar-refractivity contribution in [1.82, 2.24) is 9.55 Å². The molecule has 0 bridgehead atoms. The quantitative estimate of drug-likeness (QED) is 0.733. The maximum absolute atomic E-state index is 6.22. The van der Waals surface area contributed by atoms with Crippen LogP contribution in [0.1, 0.15) is 12.0 Å². The van der Waals surface area contributed by atoms with Crippen LogP contribution in [0, 0.1) is 0 Å². The van der Waals surface area contributed by atoms with Gasteiger partial charge in [-0.25, -0.2) is 4.98 Å². The zero-order chi connectivity index (χ0) is 16.2. The van der Waals surface area contributed by atoms with Crippen LogP contribution >= 0.6 is 0 Å². The standard InChI is InChI=1S/C20H20N2O2/c1-2-7-17(8-3-1)18-9-4-5-10-19(18)20(23-13-6-14-24-20)15-22-12-11-21-16-22/h1-5,7-12,16H,6,13-15H2. The molecule has 0 amide bonds. The summed E-state index contributed by atoms with van der Waals surface area (Å²) in [4.78, 5) is 4.14. The molecule has 0 radical (unpaired) electrons. The van der Waals surface area contributed by atoms with Crippen LogP contribution < -0.4 is 0 Å². The first-order chi connectivity index (χ1) is 11.9. The van der Waals surface area contributed by atoms with E-state index in [2.05, 4.69) is 47.4 Å². The molecule has 0 atom stereocenters. The summed E-state index contributed by atoms with van der Waals surface area (Å²) in [5.41, 5.74) is 3.36. The Kier molecular flexibility index (Phi) is 4.15. The lowest BCUT2D eigenvalue weighted by molar-refractivity contribution is -0.283. The Morgan fingerprint density at radius 1 is 0.958 bits per heavy atom. The van der Waals surface area contributed by atoms with Crippen LogP contribution in [-0.2, 0) is 21.8 Å². The highest BCUT2D eigenvalue weighted by atomic mass is 16.7. The maximum Gasteiger partial charge on any atom is 0.214 e. The summed E-state index contributed by atoms with van der Waals surface area (Å²) < 4.78 is 14.4. The first-order valence-electron chi connectivity index (χ1n) is 8.26. The number of imidazole rings is 1. The lowest BCUT2D eigenvalue weighted by Gasteiger charge is -2.39. The van der Waals surface area contributed by atoms with Crippen molar-refractivity contribution in [3.05, 3.63) is 78.9 Å². The number of rotatable bonds is 4. The van der Waals surface area contributed by atoms with Crippen LogP contribution in [0.3, 0.4) is 0 Å². The number of benzene rings is 2. The number of nitrogens with zero attached hydrogens (tertiary/aromatic N) is 2. The molecule has 1 saturated heterocycles. The van der Waals surface area contributed by atoms with Gasteiger partial charge in [0.15, 0.2) is 0 Å². The summed E-state index contributed by atoms with van der Waals surface area (Å²) in [5, 5.41) is 0. The van der Waals surface area contributed by atoms with Crippen molar-refractivity contribution in [1.29, 1.82) is 0 Å². The topological polar surface area (TPSA) is 36.3 Å². The molecule has 0 unspecified atom stereocenters. The zero-order valence-electron chi connectivity index (χ0n) is 13.5. The van der Waals surface area contributed by atoms with E-state index in [9.17, 15) is 0 Å². The van der Waals surface area contributed by atoms with E-state index in [1.165, 1.54) is 0 Å². The van der Waals surface area contributed by atoms with E-state index in [0.717, 1.165) is 23.1 Å². The lowest BCUT2D eigenvalue weighted by Crippen LogP contribution is -2.42. The van der Waals surface area contributed by atoms with Crippen molar-refractivity contribution < 1.29 is 9.47 Å². The molecule has 4 heteroatoms. The number of hydrogen-bond donors (Lipinski definition) is 0. The van der Waals surface area contributed by atoms with Gasteiger partial charge in [0.25, 0.3) is 0 Å². The van der Waals surface area contributed by atoms with Crippen molar-refractivity contribution in [2.24, 2.45) is 0 Å². The second-order valence-corrected chi connectivity index (χ2v) is 5.95. The zero-order valence-corrected chi connectivity index (χ0v) is 13.5. The maximum atomic E-state index is 6.22. The summed E-state index contributed by atoms with van der Waals surface area (Å²) in [7, 11) is 0. The lowest BCUT2D eigenvalue weighted by atomic mass is 9.93. The minimum Gasteiger partial charge on any atom is -0.344 e. The van der Waals surface area contributed by atoms with E-state index in [1.807, 2.05) is 22.9 Å². The second kappa shape index (κ2) is 6.59. The molecule has 1 aliphatic rings. The minimum atomic E-state index is -0.786. The molecular weight excluding hydrogens is 300 g/mol. The highest BCUT2D eigenvalue weighted by molar-refractivity contribution is 5.68. The number of ether oxygens (including phenoxy) is 2. The predicted molar refractivity (Wildman–Crippen MR) is 92.3 cm³/mol. The van der Waals surface area contributed by atoms with E-state index in [4.69, 9.17) is 9.47 Å². The molecule has 4 nitrogen and oxygen atoms in total. The van der Waals surface area contributed by atoms with E-state index in [-0.39, 0.29) is 0 Å². The monoisotopic (exact) mass is 320 g/mol. The smallest absolute Gasteiger partial charge is 0.214 e. The van der Waals surface area contributed by atoms with E-state index < -0.39 is 5.79 Å². The Hall–Kier alpha value is -2.43. The summed E-state index contributed by atoms with van der Waals surface area (Å²) in [6, 6.07) is 18.7. The van der Waals surface area contributed by atoms with Gasteiger partial charge in [0.05, 0.1) is 26.1 Å². The average Bonchev–Trinajstić information content (AvgIpc) is 3.16. The van der Waals surface area contributed by atoms with Gasteiger partial charge in [-0.3, -0.25) is 0 Å². The van der Waals surface area contributed by atoms with Crippen molar-refractivity contribution >= 4 is 0 Å². The second-order valence-electron chi connectivity index (χ2n) is 5.95. The van der Waals surface area contributed by atoms with Gasteiger partial charge in [-0.15, -0.1) is 0 Å². The fourth-order valence-corrected chi connectivity index (χ4v) is 3.21. The van der Waals surface area contributed by atoms with Crippen LogP contribution in [0.25, 0.3) is 11.1 Å². The van der Waals surface area contributed by atoms with Gasteiger partial charge in [0, 0.05) is 18.0 Å². The Bertz CT molecular complexity index is 778. The molecule has 0 aliphatic carbocycles. The van der Waals surface area contributed by atoms with Crippen LogP contribution in [0.2, 0.25) is 0 Å². The molecule has 2 aromatic carbocycles. The third kappa shape index (κ3) is 2.86. The van der Waals surface area contributed by atoms with Gasteiger partial charge in [0.1, 0.15) is 0 Å². The summed E-state index contributed by atoms with van der Waals surface area (Å²) in [6.45, 7) is 1.96. The summed E-state index contributed by atoms with van der Waals surface area (Å²) in [6.07, 6.45) is 6.43. The fraction of sp³-hybridized carbons (Fsp3) is 0.250. The van der Waals surface area contributed by atoms with Gasteiger partial charge >= 0.3 is 0 Å². The molecule has 3 aromatic rings. The highest BCUT2D eigenvalue weighted by Crippen LogP contribution is 2.38. The molecule has 0 N–H and O–H groups in total. The van der Waals surface area contributed by atoms with E-state index in [0.29, 0.717) is 19.8 Å². The molecule has 0 saturated carbocycles. The van der Waals surface area contributed by atoms with E-state index >= 15 is 0 Å². The van der Waals surface area contributed by atoms with Gasteiger partial charge in [-0.1, -0.05) is 54.6 Å². The van der Waals surface area contributed by atoms with Crippen molar-refractivity contribution in [3.8, 4) is 11.1 Å². The third-order valence-electron chi connectivity index (χ3n) is 4.33. The molecular formula is C20H20N2O2. The van der Waals surface area contributed by atoms with Crippen molar-refractivity contribution in [3.63, 3.8) is 0 Å². The number of aromatic nitrogens is 2. The van der Waals surface area contributed by atoms with E-state index in [1.54, 1.807) is 12.5 Å². The van der Waals surface area contributed by atoms with Crippen LogP contribution in [-0.4, -0.2) is 22.8 Å². The normalized spacial score (nSPS) is 16.8. The highest BCUT2D eigenvalue weighted by Gasteiger charge is 2.39. The molecule has 4 rings (SSSR count). The molecule has 1 aromatic heterocycles. The van der Waals surface area contributed by atoms with Gasteiger partial charge in [-0.2, -0.15) is 0 Å². The molecule has 122 valence electrons. The van der Waals surface area contributed by atoms with Crippen LogP contribution in [0.4, 0.5) is 0 Å². The van der Waals surface area contributed by atoms with Gasteiger partial charge < -0.3 is 14.0 Å². The fourth-order valence-electron chi connectivity index (χ4n) is 3.21. The van der Waals surface area contributed by atoms with Gasteiger partial charge in [-0.05, 0) is 17.5 Å². The Balaban J connectivity index is 1.81. The first kappa shape index (κ1) is 15.1. The third-order valence-corrected chi connectivity index (χ3v) is 4.33. The average molecular weight is 320 g/mol. The molecule has 1 aliphatic heterocycles. The van der Waals surface area contributed by atoms with Gasteiger partial charge in [0.2, 0.25) is 5.79 Å². The Morgan fingerprint density at radius 2 is 1.71 bits per heavy atom. The molecule has 1 fully saturated rings. The predicted octanol–water partition coefficient (Wildman–Crippen LogP) is 3.84. The molecule has 0 spiro atoms. The molecule has 2 heterocycles. The van der Waals surface area contributed by atoms with Crippen LogP contribution in [0.15, 0.2) is 73.3 Å². The molecule has 24 heavy (non-hydrogen) atoms. The summed E-state index contributed by atoms with van der Waals surface area (Å²) >= 11 is 0. The largest absolute Gasteiger partial charge is 0.344 e. The van der Waals surface area contributed by atoms with Crippen molar-refractivity contribution in [2.45, 2.75) is 18.8 Å². The minimum absolute atomic E-state index is 0.580. The number of hydrogen-bond acceptors (Lipinski definition) is 3. The Morgan fingerprint density at radius 3 is 2.46 bits per heavy atom.